The molecule has 4 nitrogen and oxygen atoms in total. The van der Waals surface area contributed by atoms with Gasteiger partial charge in [0.15, 0.2) is 0 Å². The molecule has 1 aliphatic rings. The third-order valence-electron chi connectivity index (χ3n) is 4.45. The number of anilines is 2. The lowest BCUT2D eigenvalue weighted by Gasteiger charge is -2.53. The Morgan fingerprint density at radius 1 is 1.16 bits per heavy atom. The molecule has 1 atom stereocenters. The molecule has 3 N–H and O–H groups in total. The molecule has 7 heteroatoms. The van der Waals surface area contributed by atoms with Crippen molar-refractivity contribution in [3.63, 3.8) is 0 Å². The molecule has 0 bridgehead atoms. The Labute approximate surface area is 148 Å². The minimum Gasteiger partial charge on any atom is -0.320 e. The first kappa shape index (κ1) is 18.1. The van der Waals surface area contributed by atoms with E-state index in [2.05, 4.69) is 5.32 Å². The van der Waals surface area contributed by atoms with Gasteiger partial charge in [0.2, 0.25) is 0 Å². The highest BCUT2D eigenvalue weighted by Crippen LogP contribution is 2.61. The molecule has 0 radical (unpaired) electrons. The Morgan fingerprint density at radius 3 is 2.64 bits per heavy atom. The van der Waals surface area contributed by atoms with Gasteiger partial charge in [-0.05, 0) is 68.8 Å². The lowest BCUT2D eigenvalue weighted by molar-refractivity contribution is 0.453. The smallest absolute Gasteiger partial charge is 0.148 e. The first-order chi connectivity index (χ1) is 11.9. The van der Waals surface area contributed by atoms with Crippen LogP contribution in [-0.4, -0.2) is 27.9 Å². The minimum atomic E-state index is -3.30. The second-order valence-corrected chi connectivity index (χ2v) is 8.31. The van der Waals surface area contributed by atoms with Crippen LogP contribution >= 0.6 is 10.8 Å². The van der Waals surface area contributed by atoms with Crippen LogP contribution in [0.5, 0.6) is 0 Å². The van der Waals surface area contributed by atoms with Crippen LogP contribution in [0, 0.1) is 11.6 Å². The van der Waals surface area contributed by atoms with Crippen LogP contribution in [0.4, 0.5) is 20.2 Å². The summed E-state index contributed by atoms with van der Waals surface area (Å²) in [6, 6.07) is 10.1. The maximum atomic E-state index is 14.4. The Balaban J connectivity index is 2.08. The molecular weight excluding hydrogens is 346 g/mol. The van der Waals surface area contributed by atoms with Crippen LogP contribution in [0.15, 0.2) is 42.5 Å². The maximum absolute atomic E-state index is 14.4. The van der Waals surface area contributed by atoms with Crippen molar-refractivity contribution in [2.24, 2.45) is 0 Å². The van der Waals surface area contributed by atoms with Gasteiger partial charge in [-0.25, -0.2) is 13.1 Å². The van der Waals surface area contributed by atoms with E-state index in [0.717, 1.165) is 13.0 Å². The zero-order valence-corrected chi connectivity index (χ0v) is 14.8. The Morgan fingerprint density at radius 2 is 1.92 bits per heavy atom. The lowest BCUT2D eigenvalue weighted by Crippen LogP contribution is -2.38. The van der Waals surface area contributed by atoms with Crippen LogP contribution in [0.25, 0.3) is 0 Å². The van der Waals surface area contributed by atoms with Crippen molar-refractivity contribution in [1.82, 2.24) is 5.32 Å². The van der Waals surface area contributed by atoms with Crippen molar-refractivity contribution >= 4 is 22.2 Å². The van der Waals surface area contributed by atoms with E-state index in [9.17, 15) is 17.9 Å². The highest BCUT2D eigenvalue weighted by molar-refractivity contribution is 8.26. The van der Waals surface area contributed by atoms with Gasteiger partial charge in [-0.3, -0.25) is 9.11 Å². The molecule has 2 aromatic rings. The number of hydrogen-bond donors (Lipinski definition) is 3. The second-order valence-electron chi connectivity index (χ2n) is 6.15. The number of hydrogen-bond acceptors (Lipinski definition) is 4. The molecule has 25 heavy (non-hydrogen) atoms. The first-order valence-corrected chi connectivity index (χ1v) is 9.76. The SMILES string of the molecule is CNCCC[C@@H]1Cc2cc(F)ccc2N(c2ccccc2F)S1(O)O. The third kappa shape index (κ3) is 3.50. The van der Waals surface area contributed by atoms with Gasteiger partial charge in [0.05, 0.1) is 16.6 Å². The van der Waals surface area contributed by atoms with Crippen molar-refractivity contribution < 1.29 is 17.9 Å². The summed E-state index contributed by atoms with van der Waals surface area (Å²) >= 11 is 0. The maximum Gasteiger partial charge on any atom is 0.148 e. The van der Waals surface area contributed by atoms with Gasteiger partial charge < -0.3 is 5.32 Å². The van der Waals surface area contributed by atoms with Gasteiger partial charge in [0.1, 0.15) is 11.6 Å². The fraction of sp³-hybridized carbons (Fsp3) is 0.333. The van der Waals surface area contributed by atoms with Crippen molar-refractivity contribution in [1.29, 1.82) is 0 Å². The molecule has 0 aliphatic carbocycles. The summed E-state index contributed by atoms with van der Waals surface area (Å²) in [6.07, 6.45) is 1.64. The predicted molar refractivity (Wildman–Crippen MR) is 98.4 cm³/mol. The van der Waals surface area contributed by atoms with Gasteiger partial charge in [-0.1, -0.05) is 12.1 Å². The molecule has 2 aromatic carbocycles. The van der Waals surface area contributed by atoms with E-state index in [1.807, 2.05) is 7.05 Å². The van der Waals surface area contributed by atoms with Gasteiger partial charge >= 0.3 is 0 Å². The molecule has 3 rings (SSSR count). The largest absolute Gasteiger partial charge is 0.320 e. The monoisotopic (exact) mass is 368 g/mol. The molecule has 0 unspecified atom stereocenters. The highest BCUT2D eigenvalue weighted by Gasteiger charge is 2.40. The molecule has 136 valence electrons. The van der Waals surface area contributed by atoms with E-state index >= 15 is 0 Å². The molecular formula is C18H22F2N2O2S. The molecule has 0 aromatic heterocycles. The number of nitrogens with zero attached hydrogens (tertiary/aromatic N) is 1. The van der Waals surface area contributed by atoms with E-state index in [4.69, 9.17) is 0 Å². The minimum absolute atomic E-state index is 0.0914. The molecule has 1 heterocycles. The van der Waals surface area contributed by atoms with Crippen LogP contribution in [0.2, 0.25) is 0 Å². The average Bonchev–Trinajstić information content (AvgIpc) is 2.57. The topological polar surface area (TPSA) is 55.7 Å². The van der Waals surface area contributed by atoms with Crippen molar-refractivity contribution in [2.75, 3.05) is 17.9 Å². The molecule has 0 saturated heterocycles. The van der Waals surface area contributed by atoms with E-state index in [1.54, 1.807) is 12.1 Å². The molecule has 0 amide bonds. The van der Waals surface area contributed by atoms with E-state index < -0.39 is 21.8 Å². The molecule has 0 saturated carbocycles. The van der Waals surface area contributed by atoms with Crippen molar-refractivity contribution in [3.05, 3.63) is 59.7 Å². The van der Waals surface area contributed by atoms with Crippen LogP contribution < -0.4 is 9.62 Å². The first-order valence-electron chi connectivity index (χ1n) is 8.20. The van der Waals surface area contributed by atoms with Crippen LogP contribution in [0.1, 0.15) is 18.4 Å². The third-order valence-corrected chi connectivity index (χ3v) is 6.68. The number of para-hydroxylation sites is 1. The number of rotatable bonds is 5. The average molecular weight is 368 g/mol. The molecule has 0 spiro atoms. The number of benzene rings is 2. The summed E-state index contributed by atoms with van der Waals surface area (Å²) in [7, 11) is -1.47. The zero-order chi connectivity index (χ0) is 18.0. The standard InChI is InChI=1S/C18H22F2N2O2S/c1-21-10-4-5-15-12-13-11-14(19)8-9-17(13)22(25(15,23)24)18-7-3-2-6-16(18)20/h2-3,6-9,11,15,21,23-24H,4-5,10,12H2,1H3/t15-/m1/s1. The van der Waals surface area contributed by atoms with E-state index in [0.29, 0.717) is 24.1 Å². The Hall–Kier alpha value is -1.67. The Bertz CT molecular complexity index is 758. The summed E-state index contributed by atoms with van der Waals surface area (Å²) in [5.74, 6) is -0.937. The molecule has 0 fully saturated rings. The second kappa shape index (κ2) is 7.29. The number of fused-ring (bicyclic) bond motifs is 1. The van der Waals surface area contributed by atoms with Gasteiger partial charge in [0.25, 0.3) is 0 Å². The highest BCUT2D eigenvalue weighted by atomic mass is 32.3. The lowest BCUT2D eigenvalue weighted by atomic mass is 10.0. The Kier molecular flexibility index (Phi) is 5.29. The van der Waals surface area contributed by atoms with E-state index in [1.165, 1.54) is 34.6 Å². The number of halogens is 2. The summed E-state index contributed by atoms with van der Waals surface area (Å²) in [6.45, 7) is 0.738. The van der Waals surface area contributed by atoms with Crippen LogP contribution in [-0.2, 0) is 6.42 Å². The van der Waals surface area contributed by atoms with Gasteiger partial charge in [0, 0.05) is 0 Å². The van der Waals surface area contributed by atoms with Gasteiger partial charge in [-0.15, -0.1) is 10.8 Å². The van der Waals surface area contributed by atoms with E-state index in [-0.39, 0.29) is 11.5 Å². The molecule has 1 aliphatic heterocycles. The van der Waals surface area contributed by atoms with Crippen molar-refractivity contribution in [3.8, 4) is 0 Å². The zero-order valence-electron chi connectivity index (χ0n) is 14.0. The summed E-state index contributed by atoms with van der Waals surface area (Å²) in [4.78, 5) is 0. The van der Waals surface area contributed by atoms with Gasteiger partial charge in [-0.2, -0.15) is 0 Å². The fourth-order valence-corrected chi connectivity index (χ4v) is 5.31. The normalized spacial score (nSPS) is 20.2. The van der Waals surface area contributed by atoms with Crippen LogP contribution in [0.3, 0.4) is 0 Å². The quantitative estimate of drug-likeness (QED) is 0.670. The predicted octanol–water partition coefficient (Wildman–Crippen LogP) is 4.69. The fourth-order valence-electron chi connectivity index (χ4n) is 3.22. The summed E-state index contributed by atoms with van der Waals surface area (Å²) in [5, 5.41) is 2.54. The summed E-state index contributed by atoms with van der Waals surface area (Å²) in [5.41, 5.74) is 1.19. The number of nitrogens with one attached hydrogen (secondary N) is 1. The van der Waals surface area contributed by atoms with Crippen molar-refractivity contribution in [2.45, 2.75) is 24.5 Å². The summed E-state index contributed by atoms with van der Waals surface area (Å²) < 4.78 is 51.3.